The van der Waals surface area contributed by atoms with E-state index < -0.39 is 35.6 Å². The van der Waals surface area contributed by atoms with Gasteiger partial charge < -0.3 is 4.74 Å². The van der Waals surface area contributed by atoms with E-state index in [9.17, 15) is 23.2 Å². The number of carbonyl (C=O) groups is 2. The van der Waals surface area contributed by atoms with Crippen molar-refractivity contribution >= 4 is 22.7 Å². The Labute approximate surface area is 157 Å². The Bertz CT molecular complexity index is 1190. The average molecular weight is 384 g/mol. The minimum Gasteiger partial charge on any atom is -0.454 e. The molecule has 0 spiro atoms. The number of Topliss-reactive ketones (excluding diaryl/α,β-unsaturated/α-hetero) is 1. The first-order chi connectivity index (χ1) is 13.4. The van der Waals surface area contributed by atoms with Crippen LogP contribution in [0.4, 0.5) is 8.78 Å². The Balaban J connectivity index is 1.54. The Morgan fingerprint density at radius 2 is 1.96 bits per heavy atom. The van der Waals surface area contributed by atoms with E-state index in [2.05, 4.69) is 4.98 Å². The van der Waals surface area contributed by atoms with Gasteiger partial charge in [0.25, 0.3) is 5.56 Å². The molecule has 6 nitrogen and oxygen atoms in total. The van der Waals surface area contributed by atoms with Crippen molar-refractivity contribution in [2.75, 3.05) is 6.61 Å². The minimum atomic E-state index is -0.897. The van der Waals surface area contributed by atoms with Crippen LogP contribution in [-0.2, 0) is 17.7 Å². The molecule has 1 aromatic heterocycles. The monoisotopic (exact) mass is 384 g/mol. The second-order valence-electron chi connectivity index (χ2n) is 6.44. The first-order valence-corrected chi connectivity index (χ1v) is 8.63. The van der Waals surface area contributed by atoms with Gasteiger partial charge in [-0.05, 0) is 42.8 Å². The second-order valence-corrected chi connectivity index (χ2v) is 6.44. The zero-order valence-electron chi connectivity index (χ0n) is 14.6. The SMILES string of the molecule is O=C(OCC(=O)c1cc(F)ccc1F)c1ccc2c(=O)n3c(nc2c1)CCC3. The summed E-state index contributed by atoms with van der Waals surface area (Å²) in [6.45, 7) is -0.114. The van der Waals surface area contributed by atoms with Crippen LogP contribution in [0.1, 0.15) is 33.0 Å². The smallest absolute Gasteiger partial charge is 0.338 e. The van der Waals surface area contributed by atoms with Crippen molar-refractivity contribution < 1.29 is 23.1 Å². The van der Waals surface area contributed by atoms with E-state index in [4.69, 9.17) is 4.74 Å². The number of hydrogen-bond acceptors (Lipinski definition) is 5. The van der Waals surface area contributed by atoms with Crippen molar-refractivity contribution in [1.29, 1.82) is 0 Å². The van der Waals surface area contributed by atoms with Gasteiger partial charge in [-0.3, -0.25) is 14.2 Å². The van der Waals surface area contributed by atoms with Crippen molar-refractivity contribution in [3.63, 3.8) is 0 Å². The zero-order chi connectivity index (χ0) is 19.8. The molecular formula is C20H14F2N2O4. The maximum absolute atomic E-state index is 13.6. The molecule has 1 aliphatic rings. The molecule has 0 unspecified atom stereocenters. The third-order valence-corrected chi connectivity index (χ3v) is 4.62. The van der Waals surface area contributed by atoms with E-state index in [1.807, 2.05) is 0 Å². The van der Waals surface area contributed by atoms with E-state index in [0.29, 0.717) is 29.7 Å². The lowest BCUT2D eigenvalue weighted by Gasteiger charge is -2.08. The van der Waals surface area contributed by atoms with Gasteiger partial charge in [0.05, 0.1) is 22.0 Å². The fourth-order valence-electron chi connectivity index (χ4n) is 3.21. The van der Waals surface area contributed by atoms with Gasteiger partial charge in [-0.1, -0.05) is 0 Å². The maximum atomic E-state index is 13.6. The minimum absolute atomic E-state index is 0.106. The quantitative estimate of drug-likeness (QED) is 0.511. The van der Waals surface area contributed by atoms with Gasteiger partial charge in [0, 0.05) is 13.0 Å². The van der Waals surface area contributed by atoms with E-state index in [1.54, 1.807) is 4.57 Å². The van der Waals surface area contributed by atoms with Gasteiger partial charge in [-0.2, -0.15) is 0 Å². The summed E-state index contributed by atoms with van der Waals surface area (Å²) in [4.78, 5) is 41.1. The number of aryl methyl sites for hydroxylation is 1. The van der Waals surface area contributed by atoms with E-state index in [1.165, 1.54) is 18.2 Å². The van der Waals surface area contributed by atoms with Gasteiger partial charge in [0.2, 0.25) is 5.78 Å². The van der Waals surface area contributed by atoms with Gasteiger partial charge in [0.15, 0.2) is 6.61 Å². The molecule has 0 atom stereocenters. The normalized spacial score (nSPS) is 12.8. The van der Waals surface area contributed by atoms with Crippen LogP contribution in [0.3, 0.4) is 0 Å². The molecule has 0 aliphatic carbocycles. The van der Waals surface area contributed by atoms with Crippen LogP contribution in [-0.4, -0.2) is 27.9 Å². The number of ketones is 1. The molecule has 2 heterocycles. The molecule has 8 heteroatoms. The lowest BCUT2D eigenvalue weighted by molar-refractivity contribution is 0.0473. The summed E-state index contributed by atoms with van der Waals surface area (Å²) in [6.07, 6.45) is 1.53. The fraction of sp³-hybridized carbons (Fsp3) is 0.200. The van der Waals surface area contributed by atoms with E-state index >= 15 is 0 Å². The molecule has 0 fully saturated rings. The van der Waals surface area contributed by atoms with Gasteiger partial charge in [0.1, 0.15) is 17.5 Å². The van der Waals surface area contributed by atoms with Crippen molar-refractivity contribution in [1.82, 2.24) is 9.55 Å². The lowest BCUT2D eigenvalue weighted by Crippen LogP contribution is -2.21. The van der Waals surface area contributed by atoms with Crippen LogP contribution < -0.4 is 5.56 Å². The van der Waals surface area contributed by atoms with Crippen LogP contribution >= 0.6 is 0 Å². The van der Waals surface area contributed by atoms with Crippen LogP contribution in [0, 0.1) is 11.6 Å². The summed E-state index contributed by atoms with van der Waals surface area (Å²) in [7, 11) is 0. The molecule has 0 amide bonds. The number of hydrogen-bond donors (Lipinski definition) is 0. The molecule has 0 bridgehead atoms. The Kier molecular flexibility index (Phi) is 4.46. The number of benzene rings is 2. The molecule has 28 heavy (non-hydrogen) atoms. The highest BCUT2D eigenvalue weighted by atomic mass is 19.1. The van der Waals surface area contributed by atoms with Crippen LogP contribution in [0.2, 0.25) is 0 Å². The van der Waals surface area contributed by atoms with Crippen molar-refractivity contribution in [3.8, 4) is 0 Å². The highest BCUT2D eigenvalue weighted by Gasteiger charge is 2.19. The highest BCUT2D eigenvalue weighted by molar-refractivity contribution is 6.00. The summed E-state index contributed by atoms with van der Waals surface area (Å²) >= 11 is 0. The fourth-order valence-corrected chi connectivity index (χ4v) is 3.21. The first kappa shape index (κ1) is 18.0. The molecule has 0 saturated carbocycles. The first-order valence-electron chi connectivity index (χ1n) is 8.63. The van der Waals surface area contributed by atoms with Crippen molar-refractivity contribution in [2.24, 2.45) is 0 Å². The summed E-state index contributed by atoms with van der Waals surface area (Å²) in [5.74, 6) is -2.68. The molecule has 1 aliphatic heterocycles. The third-order valence-electron chi connectivity index (χ3n) is 4.62. The molecule has 0 N–H and O–H groups in total. The predicted octanol–water partition coefficient (Wildman–Crippen LogP) is 2.66. The maximum Gasteiger partial charge on any atom is 0.338 e. The van der Waals surface area contributed by atoms with Gasteiger partial charge in [-0.25, -0.2) is 18.6 Å². The van der Waals surface area contributed by atoms with E-state index in [-0.39, 0.29) is 11.1 Å². The molecule has 4 rings (SSSR count). The van der Waals surface area contributed by atoms with Crippen LogP contribution in [0.15, 0.2) is 41.2 Å². The largest absolute Gasteiger partial charge is 0.454 e. The van der Waals surface area contributed by atoms with Crippen LogP contribution in [0.25, 0.3) is 10.9 Å². The third kappa shape index (κ3) is 3.17. The number of aromatic nitrogens is 2. The Morgan fingerprint density at radius 1 is 1.14 bits per heavy atom. The Morgan fingerprint density at radius 3 is 2.79 bits per heavy atom. The summed E-state index contributed by atoms with van der Waals surface area (Å²) in [6, 6.07) is 6.78. The molecule has 3 aromatic rings. The second kappa shape index (κ2) is 6.95. The van der Waals surface area contributed by atoms with Crippen LogP contribution in [0.5, 0.6) is 0 Å². The molecule has 142 valence electrons. The van der Waals surface area contributed by atoms with Gasteiger partial charge in [-0.15, -0.1) is 0 Å². The predicted molar refractivity (Wildman–Crippen MR) is 95.3 cm³/mol. The van der Waals surface area contributed by atoms with Crippen molar-refractivity contribution in [2.45, 2.75) is 19.4 Å². The standard InChI is InChI=1S/C20H14F2N2O4/c21-12-4-6-15(22)14(9-12)17(25)10-28-20(27)11-3-5-13-16(8-11)23-18-2-1-7-24(18)19(13)26/h3-6,8-9H,1-2,7,10H2. The molecule has 0 radical (unpaired) electrons. The van der Waals surface area contributed by atoms with E-state index in [0.717, 1.165) is 24.6 Å². The lowest BCUT2D eigenvalue weighted by atomic mass is 10.1. The highest BCUT2D eigenvalue weighted by Crippen LogP contribution is 2.17. The summed E-state index contributed by atoms with van der Waals surface area (Å²) < 4.78 is 33.3. The summed E-state index contributed by atoms with van der Waals surface area (Å²) in [5.41, 5.74) is -0.171. The van der Waals surface area contributed by atoms with Crippen molar-refractivity contribution in [3.05, 3.63) is 75.3 Å². The number of rotatable bonds is 4. The molecule has 0 saturated heterocycles. The average Bonchev–Trinajstić information content (AvgIpc) is 3.16. The molecular weight excluding hydrogens is 370 g/mol. The number of carbonyl (C=O) groups excluding carboxylic acids is 2. The summed E-state index contributed by atoms with van der Waals surface area (Å²) in [5, 5.41) is 0.389. The number of nitrogens with zero attached hydrogens (tertiary/aromatic N) is 2. The number of esters is 1. The Hall–Kier alpha value is -3.42. The number of fused-ring (bicyclic) bond motifs is 2. The molecule has 2 aromatic carbocycles. The topological polar surface area (TPSA) is 78.3 Å². The number of ether oxygens (including phenoxy) is 1. The zero-order valence-corrected chi connectivity index (χ0v) is 14.6. The number of halogens is 2. The van der Waals surface area contributed by atoms with Gasteiger partial charge >= 0.3 is 5.97 Å².